The first kappa shape index (κ1) is 14.3. The molecular weight excluding hydrogens is 262 g/mol. The molecule has 1 fully saturated rings. The van der Waals surface area contributed by atoms with Gasteiger partial charge in [-0.15, -0.1) is 0 Å². The summed E-state index contributed by atoms with van der Waals surface area (Å²) in [6.07, 6.45) is 0.944. The highest BCUT2D eigenvalue weighted by Gasteiger charge is 2.23. The first-order valence-electron chi connectivity index (χ1n) is 6.41. The highest BCUT2D eigenvalue weighted by atomic mass is 16.6. The van der Waals surface area contributed by atoms with Crippen LogP contribution in [0.4, 0.5) is 5.69 Å². The summed E-state index contributed by atoms with van der Waals surface area (Å²) in [6.45, 7) is 1.66. The Balaban J connectivity index is 1.84. The van der Waals surface area contributed by atoms with Crippen molar-refractivity contribution in [2.45, 2.75) is 12.5 Å². The van der Waals surface area contributed by atoms with Crippen LogP contribution in [0.2, 0.25) is 0 Å². The second-order valence-electron chi connectivity index (χ2n) is 4.69. The van der Waals surface area contributed by atoms with Gasteiger partial charge in [0, 0.05) is 31.8 Å². The summed E-state index contributed by atoms with van der Waals surface area (Å²) < 4.78 is 5.35. The lowest BCUT2D eigenvalue weighted by molar-refractivity contribution is -0.384. The van der Waals surface area contributed by atoms with Crippen LogP contribution in [-0.2, 0) is 4.79 Å². The monoisotopic (exact) mass is 279 g/mol. The fourth-order valence-electron chi connectivity index (χ4n) is 2.08. The number of benzene rings is 1. The van der Waals surface area contributed by atoms with Crippen molar-refractivity contribution in [3.63, 3.8) is 0 Å². The van der Waals surface area contributed by atoms with E-state index in [0.717, 1.165) is 19.5 Å². The molecule has 1 aliphatic heterocycles. The first-order valence-corrected chi connectivity index (χ1v) is 6.41. The summed E-state index contributed by atoms with van der Waals surface area (Å²) in [5, 5.41) is 13.7. The minimum atomic E-state index is -0.476. The molecule has 20 heavy (non-hydrogen) atoms. The van der Waals surface area contributed by atoms with Gasteiger partial charge in [-0.1, -0.05) is 0 Å². The Labute approximate surface area is 116 Å². The van der Waals surface area contributed by atoms with E-state index in [1.54, 1.807) is 11.9 Å². The van der Waals surface area contributed by atoms with Gasteiger partial charge in [-0.3, -0.25) is 14.9 Å². The largest absolute Gasteiger partial charge is 0.484 e. The van der Waals surface area contributed by atoms with E-state index < -0.39 is 4.92 Å². The topological polar surface area (TPSA) is 84.7 Å². The molecule has 0 radical (unpaired) electrons. The Morgan fingerprint density at radius 3 is 2.75 bits per heavy atom. The maximum atomic E-state index is 11.9. The van der Waals surface area contributed by atoms with Crippen LogP contribution in [-0.4, -0.2) is 48.5 Å². The Morgan fingerprint density at radius 1 is 1.50 bits per heavy atom. The zero-order valence-electron chi connectivity index (χ0n) is 11.2. The lowest BCUT2D eigenvalue weighted by Crippen LogP contribution is -2.40. The van der Waals surface area contributed by atoms with E-state index in [2.05, 4.69) is 5.32 Å². The third kappa shape index (κ3) is 3.45. The molecule has 108 valence electrons. The van der Waals surface area contributed by atoms with Crippen molar-refractivity contribution in [1.82, 2.24) is 10.2 Å². The number of hydrogen-bond acceptors (Lipinski definition) is 5. The Kier molecular flexibility index (Phi) is 4.52. The van der Waals surface area contributed by atoms with E-state index in [1.165, 1.54) is 24.3 Å². The third-order valence-electron chi connectivity index (χ3n) is 3.39. The van der Waals surface area contributed by atoms with Gasteiger partial charge in [-0.2, -0.15) is 0 Å². The van der Waals surface area contributed by atoms with Crippen LogP contribution in [0.1, 0.15) is 6.42 Å². The van der Waals surface area contributed by atoms with Crippen LogP contribution in [0.3, 0.4) is 0 Å². The smallest absolute Gasteiger partial charge is 0.269 e. The van der Waals surface area contributed by atoms with Crippen molar-refractivity contribution in [2.75, 3.05) is 26.7 Å². The molecule has 7 nitrogen and oxygen atoms in total. The molecule has 0 aliphatic carbocycles. The maximum Gasteiger partial charge on any atom is 0.269 e. The van der Waals surface area contributed by atoms with Crippen LogP contribution in [0.5, 0.6) is 5.75 Å². The summed E-state index contributed by atoms with van der Waals surface area (Å²) in [5.41, 5.74) is -0.00201. The van der Waals surface area contributed by atoms with Crippen LogP contribution in [0.25, 0.3) is 0 Å². The molecule has 1 heterocycles. The van der Waals surface area contributed by atoms with E-state index in [9.17, 15) is 14.9 Å². The summed E-state index contributed by atoms with van der Waals surface area (Å²) in [4.78, 5) is 23.7. The van der Waals surface area contributed by atoms with Gasteiger partial charge >= 0.3 is 0 Å². The number of ether oxygens (including phenoxy) is 1. The van der Waals surface area contributed by atoms with E-state index in [1.807, 2.05) is 0 Å². The molecule has 1 saturated heterocycles. The fraction of sp³-hybridized carbons (Fsp3) is 0.462. The number of carbonyl (C=O) groups is 1. The summed E-state index contributed by atoms with van der Waals surface area (Å²) in [7, 11) is 1.76. The normalized spacial score (nSPS) is 17.8. The number of nitrogens with zero attached hydrogens (tertiary/aromatic N) is 2. The van der Waals surface area contributed by atoms with Gasteiger partial charge in [-0.25, -0.2) is 0 Å². The summed E-state index contributed by atoms with van der Waals surface area (Å²) in [6, 6.07) is 5.89. The van der Waals surface area contributed by atoms with Gasteiger partial charge in [0.2, 0.25) is 0 Å². The molecule has 1 unspecified atom stereocenters. The Morgan fingerprint density at radius 2 is 2.20 bits per heavy atom. The fourth-order valence-corrected chi connectivity index (χ4v) is 2.08. The number of rotatable bonds is 5. The molecule has 1 aliphatic rings. The summed E-state index contributed by atoms with van der Waals surface area (Å²) in [5.74, 6) is 0.346. The molecule has 1 atom stereocenters. The maximum absolute atomic E-state index is 11.9. The number of nitrogens with one attached hydrogen (secondary N) is 1. The van der Waals surface area contributed by atoms with Crippen molar-refractivity contribution < 1.29 is 14.5 Å². The number of amides is 1. The second-order valence-corrected chi connectivity index (χ2v) is 4.69. The van der Waals surface area contributed by atoms with Crippen molar-refractivity contribution in [1.29, 1.82) is 0 Å². The zero-order valence-corrected chi connectivity index (χ0v) is 11.2. The molecule has 0 spiro atoms. The first-order chi connectivity index (χ1) is 9.58. The van der Waals surface area contributed by atoms with Crippen LogP contribution in [0.15, 0.2) is 24.3 Å². The number of nitro groups is 1. The van der Waals surface area contributed by atoms with Crippen molar-refractivity contribution in [2.24, 2.45) is 0 Å². The predicted molar refractivity (Wildman–Crippen MR) is 72.6 cm³/mol. The number of carbonyl (C=O) groups excluding carboxylic acids is 1. The van der Waals surface area contributed by atoms with Crippen molar-refractivity contribution >= 4 is 11.6 Å². The van der Waals surface area contributed by atoms with Crippen LogP contribution < -0.4 is 10.1 Å². The lowest BCUT2D eigenvalue weighted by Gasteiger charge is -2.23. The van der Waals surface area contributed by atoms with Gasteiger partial charge in [0.05, 0.1) is 4.92 Å². The van der Waals surface area contributed by atoms with E-state index in [0.29, 0.717) is 5.75 Å². The van der Waals surface area contributed by atoms with Crippen molar-refractivity contribution in [3.05, 3.63) is 34.4 Å². The number of likely N-dealkylation sites (N-methyl/N-ethyl adjacent to an activating group) is 1. The van der Waals surface area contributed by atoms with Gasteiger partial charge in [0.25, 0.3) is 11.6 Å². The minimum Gasteiger partial charge on any atom is -0.484 e. The van der Waals surface area contributed by atoms with Crippen LogP contribution in [0, 0.1) is 10.1 Å². The average molecular weight is 279 g/mol. The van der Waals surface area contributed by atoms with E-state index >= 15 is 0 Å². The van der Waals surface area contributed by atoms with E-state index in [-0.39, 0.29) is 24.2 Å². The third-order valence-corrected chi connectivity index (χ3v) is 3.39. The molecule has 0 aromatic heterocycles. The van der Waals surface area contributed by atoms with Gasteiger partial charge in [-0.05, 0) is 25.1 Å². The molecule has 1 N–H and O–H groups in total. The molecule has 7 heteroatoms. The highest BCUT2D eigenvalue weighted by molar-refractivity contribution is 5.77. The minimum absolute atomic E-state index is 0.00201. The van der Waals surface area contributed by atoms with Crippen molar-refractivity contribution in [3.8, 4) is 5.75 Å². The highest BCUT2D eigenvalue weighted by Crippen LogP contribution is 2.17. The molecule has 2 rings (SSSR count). The van der Waals surface area contributed by atoms with Gasteiger partial charge < -0.3 is 15.0 Å². The Hall–Kier alpha value is -2.15. The number of nitro benzene ring substituents is 1. The lowest BCUT2D eigenvalue weighted by atomic mass is 10.2. The van der Waals surface area contributed by atoms with Gasteiger partial charge in [0.15, 0.2) is 6.61 Å². The SMILES string of the molecule is CN(C(=O)COc1ccc([N+](=O)[O-])cc1)C1CCNC1. The Bertz CT molecular complexity index is 483. The molecule has 0 bridgehead atoms. The average Bonchev–Trinajstić information content (AvgIpc) is 2.98. The molecular formula is C13H17N3O4. The van der Waals surface area contributed by atoms with E-state index in [4.69, 9.17) is 4.74 Å². The molecule has 0 saturated carbocycles. The number of non-ortho nitro benzene ring substituents is 1. The zero-order chi connectivity index (χ0) is 14.5. The number of hydrogen-bond donors (Lipinski definition) is 1. The second kappa shape index (κ2) is 6.33. The standard InChI is InChI=1S/C13H17N3O4/c1-15(11-6-7-14-8-11)13(17)9-20-12-4-2-10(3-5-12)16(18)19/h2-5,11,14H,6-9H2,1H3. The van der Waals surface area contributed by atoms with Crippen LogP contribution >= 0.6 is 0 Å². The van der Waals surface area contributed by atoms with Gasteiger partial charge in [0.1, 0.15) is 5.75 Å². The summed E-state index contributed by atoms with van der Waals surface area (Å²) >= 11 is 0. The molecule has 1 amide bonds. The predicted octanol–water partition coefficient (Wildman–Crippen LogP) is 0.794. The molecule has 1 aromatic rings. The molecule has 1 aromatic carbocycles. The quantitative estimate of drug-likeness (QED) is 0.636.